The normalized spacial score (nSPS) is 12.8. The Balaban J connectivity index is 1.39. The van der Waals surface area contributed by atoms with Gasteiger partial charge in [-0.25, -0.2) is 10.1 Å². The van der Waals surface area contributed by atoms with Crippen molar-refractivity contribution in [3.63, 3.8) is 0 Å². The summed E-state index contributed by atoms with van der Waals surface area (Å²) in [4.78, 5) is 0. The molecule has 1 aliphatic heterocycles. The number of benzene rings is 2. The summed E-state index contributed by atoms with van der Waals surface area (Å²) in [6.07, 6.45) is 0. The van der Waals surface area contributed by atoms with E-state index < -0.39 is 0 Å². The van der Waals surface area contributed by atoms with Gasteiger partial charge in [0.05, 0.1) is 12.8 Å². The Morgan fingerprint density at radius 2 is 2.00 bits per heavy atom. The van der Waals surface area contributed by atoms with Gasteiger partial charge in [0, 0.05) is 11.3 Å². The molecule has 0 amide bonds. The first kappa shape index (κ1) is 18.9. The molecule has 3 N–H and O–H groups in total. The zero-order valence-electron chi connectivity index (χ0n) is 16.0. The summed E-state index contributed by atoms with van der Waals surface area (Å²) in [6.45, 7) is 2.11. The molecule has 0 spiro atoms. The second-order valence-corrected chi connectivity index (χ2v) is 7.13. The number of hydrogen-bond acceptors (Lipinski definition) is 9. The van der Waals surface area contributed by atoms with E-state index in [0.717, 1.165) is 28.3 Å². The Bertz CT molecular complexity index is 1030. The highest BCUT2D eigenvalue weighted by Gasteiger charge is 2.14. The maximum Gasteiger partial charge on any atom is 0.264 e. The van der Waals surface area contributed by atoms with Crippen molar-refractivity contribution in [3.05, 3.63) is 53.6 Å². The quantitative estimate of drug-likeness (QED) is 0.264. The number of hydrogen-bond donors (Lipinski definition) is 2. The lowest BCUT2D eigenvalue weighted by molar-refractivity contribution is 0.174. The number of ether oxygens (including phenoxy) is 3. The van der Waals surface area contributed by atoms with Crippen LogP contribution < -0.4 is 25.5 Å². The zero-order chi connectivity index (χ0) is 20.2. The van der Waals surface area contributed by atoms with Crippen LogP contribution in [0.1, 0.15) is 18.1 Å². The second-order valence-electron chi connectivity index (χ2n) is 6.19. The van der Waals surface area contributed by atoms with Crippen LogP contribution in [0.3, 0.4) is 0 Å². The first-order valence-corrected chi connectivity index (χ1v) is 9.79. The highest BCUT2D eigenvalue weighted by molar-refractivity contribution is 7.98. The van der Waals surface area contributed by atoms with E-state index in [1.165, 1.54) is 16.4 Å². The number of nitrogens with zero attached hydrogens (tertiary/aromatic N) is 4. The third-order valence-corrected chi connectivity index (χ3v) is 5.32. The zero-order valence-corrected chi connectivity index (χ0v) is 16.8. The molecule has 150 valence electrons. The third-order valence-electron chi connectivity index (χ3n) is 4.31. The fourth-order valence-corrected chi connectivity index (χ4v) is 3.45. The summed E-state index contributed by atoms with van der Waals surface area (Å²) in [7, 11) is 1.64. The lowest BCUT2D eigenvalue weighted by Crippen LogP contribution is -2.13. The Labute approximate surface area is 171 Å². The lowest BCUT2D eigenvalue weighted by atomic mass is 10.1. The maximum absolute atomic E-state index is 6.09. The molecule has 0 atom stereocenters. The number of aromatic nitrogens is 3. The summed E-state index contributed by atoms with van der Waals surface area (Å²) in [6, 6.07) is 13.5. The Hall–Kier alpha value is -3.40. The standard InChI is InChI=1S/C19H20N6O3S/c1-12(14-5-8-16-17(9-14)28-11-27-16)21-22-18-23-24-19(25(18)20)29-10-13-3-6-15(26-2)7-4-13/h3-9H,10-11,20H2,1-2H3,(H,22,23)/b21-12+. The van der Waals surface area contributed by atoms with Crippen LogP contribution >= 0.6 is 11.8 Å². The molecule has 3 aromatic rings. The summed E-state index contributed by atoms with van der Waals surface area (Å²) in [5.41, 5.74) is 5.64. The van der Waals surface area contributed by atoms with E-state index in [1.54, 1.807) is 7.11 Å². The van der Waals surface area contributed by atoms with Crippen LogP contribution in [-0.4, -0.2) is 34.5 Å². The Morgan fingerprint density at radius 1 is 1.21 bits per heavy atom. The molecule has 4 rings (SSSR count). The van der Waals surface area contributed by atoms with Crippen LogP contribution in [0, 0.1) is 0 Å². The minimum atomic E-state index is 0.237. The summed E-state index contributed by atoms with van der Waals surface area (Å²) >= 11 is 1.48. The molecule has 0 radical (unpaired) electrons. The summed E-state index contributed by atoms with van der Waals surface area (Å²) in [5.74, 6) is 9.41. The number of anilines is 1. The largest absolute Gasteiger partial charge is 0.497 e. The van der Waals surface area contributed by atoms with Crippen molar-refractivity contribution in [1.29, 1.82) is 0 Å². The first-order valence-electron chi connectivity index (χ1n) is 8.80. The van der Waals surface area contributed by atoms with E-state index in [9.17, 15) is 0 Å². The van der Waals surface area contributed by atoms with Crippen LogP contribution in [0.25, 0.3) is 0 Å². The molecular weight excluding hydrogens is 392 g/mol. The molecule has 2 heterocycles. The van der Waals surface area contributed by atoms with Gasteiger partial charge in [0.25, 0.3) is 5.95 Å². The SMILES string of the molecule is COc1ccc(CSc2nnc(N/N=C(\C)c3ccc4c(c3)OCO4)n2N)cc1. The number of methoxy groups -OCH3 is 1. The first-order chi connectivity index (χ1) is 14.1. The van der Waals surface area contributed by atoms with Crippen molar-refractivity contribution in [2.75, 3.05) is 25.2 Å². The minimum absolute atomic E-state index is 0.237. The summed E-state index contributed by atoms with van der Waals surface area (Å²) in [5, 5.41) is 13.1. The molecule has 1 aromatic heterocycles. The third kappa shape index (κ3) is 4.21. The molecule has 0 saturated heterocycles. The van der Waals surface area contributed by atoms with Gasteiger partial charge in [-0.2, -0.15) is 5.10 Å². The topological polar surface area (TPSA) is 109 Å². The molecule has 9 nitrogen and oxygen atoms in total. The van der Waals surface area contributed by atoms with Gasteiger partial charge in [-0.05, 0) is 42.8 Å². The van der Waals surface area contributed by atoms with Gasteiger partial charge in [-0.3, -0.25) is 0 Å². The second kappa shape index (κ2) is 8.31. The smallest absolute Gasteiger partial charge is 0.264 e. The molecule has 0 saturated carbocycles. The monoisotopic (exact) mass is 412 g/mol. The Kier molecular flexibility index (Phi) is 5.43. The van der Waals surface area contributed by atoms with Gasteiger partial charge in [0.1, 0.15) is 5.75 Å². The van der Waals surface area contributed by atoms with Crippen LogP contribution in [0.4, 0.5) is 5.95 Å². The highest BCUT2D eigenvalue weighted by atomic mass is 32.2. The van der Waals surface area contributed by atoms with Crippen molar-refractivity contribution in [2.24, 2.45) is 5.10 Å². The number of rotatable bonds is 7. The number of thioether (sulfide) groups is 1. The maximum atomic E-state index is 6.09. The van der Waals surface area contributed by atoms with Crippen LogP contribution in [0.15, 0.2) is 52.7 Å². The van der Waals surface area contributed by atoms with Crippen LogP contribution in [0.5, 0.6) is 17.2 Å². The molecule has 0 unspecified atom stereocenters. The molecule has 0 fully saturated rings. The lowest BCUT2D eigenvalue weighted by Gasteiger charge is -2.06. The van der Waals surface area contributed by atoms with Crippen molar-refractivity contribution in [3.8, 4) is 17.2 Å². The van der Waals surface area contributed by atoms with Crippen molar-refractivity contribution >= 4 is 23.4 Å². The predicted molar refractivity (Wildman–Crippen MR) is 111 cm³/mol. The van der Waals surface area contributed by atoms with Crippen molar-refractivity contribution < 1.29 is 14.2 Å². The highest BCUT2D eigenvalue weighted by Crippen LogP contribution is 2.32. The van der Waals surface area contributed by atoms with E-state index in [2.05, 4.69) is 20.7 Å². The Morgan fingerprint density at radius 3 is 2.79 bits per heavy atom. The molecule has 1 aliphatic rings. The van der Waals surface area contributed by atoms with E-state index in [0.29, 0.717) is 22.6 Å². The van der Waals surface area contributed by atoms with Gasteiger partial charge in [-0.15, -0.1) is 10.2 Å². The van der Waals surface area contributed by atoms with Crippen molar-refractivity contribution in [2.45, 2.75) is 17.8 Å². The molecule has 29 heavy (non-hydrogen) atoms. The van der Waals surface area contributed by atoms with Gasteiger partial charge in [0.2, 0.25) is 11.9 Å². The predicted octanol–water partition coefficient (Wildman–Crippen LogP) is 2.86. The number of nitrogen functional groups attached to an aromatic ring is 1. The number of nitrogens with two attached hydrogens (primary N) is 1. The minimum Gasteiger partial charge on any atom is -0.497 e. The van der Waals surface area contributed by atoms with E-state index in [4.69, 9.17) is 20.1 Å². The van der Waals surface area contributed by atoms with Crippen LogP contribution in [0.2, 0.25) is 0 Å². The van der Waals surface area contributed by atoms with Crippen LogP contribution in [-0.2, 0) is 5.75 Å². The van der Waals surface area contributed by atoms with Gasteiger partial charge in [-0.1, -0.05) is 23.9 Å². The number of hydrazone groups is 1. The van der Waals surface area contributed by atoms with Gasteiger partial charge in [0.15, 0.2) is 11.5 Å². The van der Waals surface area contributed by atoms with Gasteiger partial charge < -0.3 is 20.1 Å². The average Bonchev–Trinajstić information content (AvgIpc) is 3.36. The number of fused-ring (bicyclic) bond motifs is 1. The number of nitrogens with one attached hydrogen (secondary N) is 1. The van der Waals surface area contributed by atoms with Gasteiger partial charge >= 0.3 is 0 Å². The molecule has 10 heteroatoms. The summed E-state index contributed by atoms with van der Waals surface area (Å²) < 4.78 is 17.3. The van der Waals surface area contributed by atoms with Crippen molar-refractivity contribution in [1.82, 2.24) is 14.9 Å². The average molecular weight is 412 g/mol. The van der Waals surface area contributed by atoms with E-state index >= 15 is 0 Å². The molecule has 2 aromatic carbocycles. The molecular formula is C19H20N6O3S. The fraction of sp³-hybridized carbons (Fsp3) is 0.211. The molecule has 0 bridgehead atoms. The van der Waals surface area contributed by atoms with E-state index in [1.807, 2.05) is 49.4 Å². The van der Waals surface area contributed by atoms with E-state index in [-0.39, 0.29) is 6.79 Å². The fourth-order valence-electron chi connectivity index (χ4n) is 2.64. The molecule has 0 aliphatic carbocycles.